The number of hydrogen-bond acceptors (Lipinski definition) is 5. The van der Waals surface area contributed by atoms with Gasteiger partial charge < -0.3 is 9.15 Å². The van der Waals surface area contributed by atoms with Crippen LogP contribution in [0.3, 0.4) is 0 Å². The number of aromatic nitrogens is 2. The van der Waals surface area contributed by atoms with Gasteiger partial charge in [0.1, 0.15) is 0 Å². The van der Waals surface area contributed by atoms with Crippen LogP contribution in [0.25, 0.3) is 11.5 Å². The smallest absolute Gasteiger partial charge is 0.338 e. The third-order valence-corrected chi connectivity index (χ3v) is 3.87. The normalized spacial score (nSPS) is 10.5. The predicted molar refractivity (Wildman–Crippen MR) is 93.0 cm³/mol. The molecule has 1 aromatic heterocycles. The van der Waals surface area contributed by atoms with Crippen molar-refractivity contribution in [3.63, 3.8) is 0 Å². The number of carbonyl (C=O) groups excluding carboxylic acids is 1. The van der Waals surface area contributed by atoms with Crippen LogP contribution in [-0.4, -0.2) is 16.2 Å². The first-order chi connectivity index (χ1) is 11.1. The lowest BCUT2D eigenvalue weighted by Crippen LogP contribution is -2.05. The summed E-state index contributed by atoms with van der Waals surface area (Å²) in [5.74, 6) is 0.144. The first-order valence-electron chi connectivity index (χ1n) is 6.63. The Morgan fingerprint density at radius 3 is 2.70 bits per heavy atom. The fraction of sp³-hybridized carbons (Fsp3) is 0.0625. The molecule has 0 saturated heterocycles. The average molecular weight is 441 g/mol. The number of rotatable bonds is 4. The van der Waals surface area contributed by atoms with Crippen LogP contribution in [0.15, 0.2) is 52.9 Å². The molecule has 1 heterocycles. The summed E-state index contributed by atoms with van der Waals surface area (Å²) in [6.45, 7) is -0.0785. The molecule has 0 aliphatic rings. The zero-order chi connectivity index (χ0) is 16.2. The van der Waals surface area contributed by atoms with Crippen molar-refractivity contribution in [2.45, 2.75) is 6.61 Å². The highest BCUT2D eigenvalue weighted by molar-refractivity contribution is 14.1. The van der Waals surface area contributed by atoms with Crippen molar-refractivity contribution >= 4 is 40.2 Å². The Morgan fingerprint density at radius 1 is 1.17 bits per heavy atom. The molecular weight excluding hydrogens is 431 g/mol. The lowest BCUT2D eigenvalue weighted by Gasteiger charge is -2.02. The monoisotopic (exact) mass is 440 g/mol. The molecule has 0 saturated carbocycles. The number of esters is 1. The second-order valence-electron chi connectivity index (χ2n) is 4.59. The van der Waals surface area contributed by atoms with Gasteiger partial charge in [0, 0.05) is 14.2 Å². The SMILES string of the molecule is O=C(OCc1nnc(-c2ccc(Cl)cc2)o1)c1cccc(I)c1. The topological polar surface area (TPSA) is 65.2 Å². The molecule has 0 aliphatic carbocycles. The third kappa shape index (κ3) is 4.08. The van der Waals surface area contributed by atoms with Gasteiger partial charge in [-0.05, 0) is 65.1 Å². The summed E-state index contributed by atoms with van der Waals surface area (Å²) in [7, 11) is 0. The fourth-order valence-corrected chi connectivity index (χ4v) is 2.52. The highest BCUT2D eigenvalue weighted by Gasteiger charge is 2.12. The number of ether oxygens (including phenoxy) is 1. The maximum Gasteiger partial charge on any atom is 0.338 e. The summed E-state index contributed by atoms with van der Waals surface area (Å²) >= 11 is 7.97. The standard InChI is InChI=1S/C16H10ClIN2O3/c17-12-6-4-10(5-7-12)15-20-19-14(23-15)9-22-16(21)11-2-1-3-13(18)8-11/h1-8H,9H2. The quantitative estimate of drug-likeness (QED) is 0.446. The molecule has 0 unspecified atom stereocenters. The molecule has 0 spiro atoms. The Morgan fingerprint density at radius 2 is 1.96 bits per heavy atom. The average Bonchev–Trinajstić information content (AvgIpc) is 3.02. The summed E-state index contributed by atoms with van der Waals surface area (Å²) in [4.78, 5) is 12.0. The zero-order valence-corrected chi connectivity index (χ0v) is 14.6. The molecule has 116 valence electrons. The highest BCUT2D eigenvalue weighted by atomic mass is 127. The van der Waals surface area contributed by atoms with Crippen LogP contribution in [0.2, 0.25) is 5.02 Å². The van der Waals surface area contributed by atoms with Crippen LogP contribution in [0.4, 0.5) is 0 Å². The second-order valence-corrected chi connectivity index (χ2v) is 6.28. The minimum absolute atomic E-state index is 0.0785. The largest absolute Gasteiger partial charge is 0.452 e. The summed E-state index contributed by atoms with van der Waals surface area (Å²) in [6.07, 6.45) is 0. The number of carbonyl (C=O) groups is 1. The molecule has 0 radical (unpaired) electrons. The lowest BCUT2D eigenvalue weighted by atomic mass is 10.2. The molecule has 23 heavy (non-hydrogen) atoms. The summed E-state index contributed by atoms with van der Waals surface area (Å²) in [5.41, 5.74) is 1.23. The molecule has 0 bridgehead atoms. The first-order valence-corrected chi connectivity index (χ1v) is 8.08. The fourth-order valence-electron chi connectivity index (χ4n) is 1.85. The van der Waals surface area contributed by atoms with Crippen LogP contribution in [0.5, 0.6) is 0 Å². The van der Waals surface area contributed by atoms with E-state index in [1.807, 2.05) is 6.07 Å². The van der Waals surface area contributed by atoms with E-state index in [2.05, 4.69) is 32.8 Å². The summed E-state index contributed by atoms with van der Waals surface area (Å²) in [5, 5.41) is 8.42. The third-order valence-electron chi connectivity index (χ3n) is 2.95. The van der Waals surface area contributed by atoms with E-state index in [0.29, 0.717) is 16.5 Å². The molecule has 0 aliphatic heterocycles. The van der Waals surface area contributed by atoms with Crippen molar-refractivity contribution in [1.82, 2.24) is 10.2 Å². The predicted octanol–water partition coefficient (Wildman–Crippen LogP) is 4.35. The molecule has 0 atom stereocenters. The number of benzene rings is 2. The summed E-state index contributed by atoms with van der Waals surface area (Å²) < 4.78 is 11.6. The van der Waals surface area contributed by atoms with Gasteiger partial charge >= 0.3 is 5.97 Å². The molecule has 5 nitrogen and oxygen atoms in total. The van der Waals surface area contributed by atoms with E-state index in [1.54, 1.807) is 42.5 Å². The number of halogens is 2. The minimum atomic E-state index is -0.435. The van der Waals surface area contributed by atoms with E-state index in [-0.39, 0.29) is 12.5 Å². The Hall–Kier alpha value is -1.93. The first kappa shape index (κ1) is 15.9. The Kier molecular flexibility index (Phi) is 4.92. The van der Waals surface area contributed by atoms with Crippen molar-refractivity contribution in [3.05, 3.63) is 68.6 Å². The maximum atomic E-state index is 12.0. The van der Waals surface area contributed by atoms with Gasteiger partial charge in [-0.1, -0.05) is 17.7 Å². The van der Waals surface area contributed by atoms with Crippen molar-refractivity contribution in [2.75, 3.05) is 0 Å². The van der Waals surface area contributed by atoms with Gasteiger partial charge in [-0.2, -0.15) is 0 Å². The van der Waals surface area contributed by atoms with E-state index < -0.39 is 5.97 Å². The molecule has 3 rings (SSSR count). The Bertz CT molecular complexity index is 833. The Labute approximate surface area is 150 Å². The van der Waals surface area contributed by atoms with Crippen molar-refractivity contribution in [1.29, 1.82) is 0 Å². The van der Waals surface area contributed by atoms with E-state index in [4.69, 9.17) is 20.8 Å². The zero-order valence-electron chi connectivity index (χ0n) is 11.7. The van der Waals surface area contributed by atoms with Crippen LogP contribution in [-0.2, 0) is 11.3 Å². The van der Waals surface area contributed by atoms with Gasteiger partial charge in [0.15, 0.2) is 6.61 Å². The van der Waals surface area contributed by atoms with Gasteiger partial charge in [-0.25, -0.2) is 4.79 Å². The molecule has 2 aromatic carbocycles. The second kappa shape index (κ2) is 7.10. The van der Waals surface area contributed by atoms with Crippen LogP contribution < -0.4 is 0 Å². The molecule has 0 amide bonds. The number of hydrogen-bond donors (Lipinski definition) is 0. The molecular formula is C16H10ClIN2O3. The van der Waals surface area contributed by atoms with Gasteiger partial charge in [-0.3, -0.25) is 0 Å². The van der Waals surface area contributed by atoms with Crippen LogP contribution in [0.1, 0.15) is 16.2 Å². The van der Waals surface area contributed by atoms with Crippen LogP contribution >= 0.6 is 34.2 Å². The van der Waals surface area contributed by atoms with Crippen molar-refractivity contribution < 1.29 is 13.9 Å². The highest BCUT2D eigenvalue weighted by Crippen LogP contribution is 2.20. The molecule has 0 N–H and O–H groups in total. The van der Waals surface area contributed by atoms with Gasteiger partial charge in [-0.15, -0.1) is 10.2 Å². The maximum absolute atomic E-state index is 12.0. The van der Waals surface area contributed by atoms with Crippen molar-refractivity contribution in [2.24, 2.45) is 0 Å². The van der Waals surface area contributed by atoms with Gasteiger partial charge in [0.25, 0.3) is 5.89 Å². The molecule has 0 fully saturated rings. The van der Waals surface area contributed by atoms with E-state index in [1.165, 1.54) is 0 Å². The van der Waals surface area contributed by atoms with Crippen LogP contribution in [0, 0.1) is 3.57 Å². The molecule has 7 heteroatoms. The van der Waals surface area contributed by atoms with Crippen molar-refractivity contribution in [3.8, 4) is 11.5 Å². The van der Waals surface area contributed by atoms with E-state index in [0.717, 1.165) is 9.13 Å². The van der Waals surface area contributed by atoms with E-state index in [9.17, 15) is 4.79 Å². The van der Waals surface area contributed by atoms with Gasteiger partial charge in [0.2, 0.25) is 5.89 Å². The summed E-state index contributed by atoms with van der Waals surface area (Å²) in [6, 6.07) is 14.1. The Balaban J connectivity index is 1.65. The number of nitrogens with zero attached hydrogens (tertiary/aromatic N) is 2. The lowest BCUT2D eigenvalue weighted by molar-refractivity contribution is 0.0438. The van der Waals surface area contributed by atoms with Gasteiger partial charge in [0.05, 0.1) is 5.56 Å². The molecule has 3 aromatic rings. The van der Waals surface area contributed by atoms with E-state index >= 15 is 0 Å². The minimum Gasteiger partial charge on any atom is -0.452 e.